The van der Waals surface area contributed by atoms with Gasteiger partial charge in [-0.3, -0.25) is 4.79 Å². The lowest BCUT2D eigenvalue weighted by molar-refractivity contribution is -0.110. The van der Waals surface area contributed by atoms with E-state index in [2.05, 4.69) is 10.5 Å². The van der Waals surface area contributed by atoms with Gasteiger partial charge in [-0.1, -0.05) is 5.16 Å². The number of rotatable bonds is 3. The van der Waals surface area contributed by atoms with Crippen molar-refractivity contribution in [1.82, 2.24) is 0 Å². The Hall–Kier alpha value is -2.04. The largest absolute Gasteiger partial charge is 0.497 e. The van der Waals surface area contributed by atoms with Gasteiger partial charge in [0.2, 0.25) is 0 Å². The van der Waals surface area contributed by atoms with Crippen LogP contribution in [-0.4, -0.2) is 24.4 Å². The molecule has 5 heteroatoms. The first-order valence-electron chi connectivity index (χ1n) is 3.88. The van der Waals surface area contributed by atoms with Gasteiger partial charge >= 0.3 is 0 Å². The summed E-state index contributed by atoms with van der Waals surface area (Å²) in [7, 11) is 1.56. The van der Waals surface area contributed by atoms with Crippen LogP contribution in [0, 0.1) is 0 Å². The summed E-state index contributed by atoms with van der Waals surface area (Å²) in [4.78, 5) is 10.9. The van der Waals surface area contributed by atoms with Crippen LogP contribution >= 0.6 is 0 Å². The van der Waals surface area contributed by atoms with E-state index in [1.54, 1.807) is 31.4 Å². The molecule has 0 saturated heterocycles. The lowest BCUT2D eigenvalue weighted by atomic mass is 10.3. The maximum absolute atomic E-state index is 10.9. The highest BCUT2D eigenvalue weighted by atomic mass is 16.5. The quantitative estimate of drug-likeness (QED) is 0.430. The van der Waals surface area contributed by atoms with Gasteiger partial charge in [-0.2, -0.15) is 0 Å². The standard InChI is InChI=1S/C9H10N2O3/c1-14-8-4-2-7(3-5-8)11-9(12)6-10-13/h2-6,13H,1H3,(H,11,12)/b10-6+. The average molecular weight is 194 g/mol. The Kier molecular flexibility index (Phi) is 3.49. The summed E-state index contributed by atoms with van der Waals surface area (Å²) in [5.41, 5.74) is 0.607. The van der Waals surface area contributed by atoms with Crippen LogP contribution in [0.4, 0.5) is 5.69 Å². The van der Waals surface area contributed by atoms with E-state index in [9.17, 15) is 4.79 Å². The molecule has 0 aliphatic heterocycles. The normalized spacial score (nSPS) is 10.1. The second-order valence-corrected chi connectivity index (χ2v) is 2.46. The first-order valence-corrected chi connectivity index (χ1v) is 3.88. The molecule has 5 nitrogen and oxygen atoms in total. The number of ether oxygens (including phenoxy) is 1. The summed E-state index contributed by atoms with van der Waals surface area (Å²) in [6, 6.07) is 6.79. The van der Waals surface area contributed by atoms with Crippen molar-refractivity contribution in [3.05, 3.63) is 24.3 Å². The van der Waals surface area contributed by atoms with Crippen LogP contribution in [-0.2, 0) is 4.79 Å². The van der Waals surface area contributed by atoms with Crippen LogP contribution in [0.25, 0.3) is 0 Å². The maximum atomic E-state index is 10.9. The van der Waals surface area contributed by atoms with Gasteiger partial charge in [-0.05, 0) is 24.3 Å². The monoisotopic (exact) mass is 194 g/mol. The second kappa shape index (κ2) is 4.86. The number of methoxy groups -OCH3 is 1. The van der Waals surface area contributed by atoms with E-state index in [0.717, 1.165) is 6.21 Å². The minimum Gasteiger partial charge on any atom is -0.497 e. The average Bonchev–Trinajstić information content (AvgIpc) is 2.19. The highest BCUT2D eigenvalue weighted by Gasteiger charge is 1.98. The zero-order chi connectivity index (χ0) is 10.4. The number of carbonyl (C=O) groups excluding carboxylic acids is 1. The highest BCUT2D eigenvalue weighted by Crippen LogP contribution is 2.14. The number of hydrogen-bond acceptors (Lipinski definition) is 4. The third kappa shape index (κ3) is 2.78. The fraction of sp³-hybridized carbons (Fsp3) is 0.111. The van der Waals surface area contributed by atoms with Crippen molar-refractivity contribution in [2.75, 3.05) is 12.4 Å². The van der Waals surface area contributed by atoms with Crippen LogP contribution in [0.15, 0.2) is 29.4 Å². The summed E-state index contributed by atoms with van der Waals surface area (Å²) in [6.45, 7) is 0. The third-order valence-corrected chi connectivity index (χ3v) is 1.53. The van der Waals surface area contributed by atoms with Gasteiger partial charge in [0.15, 0.2) is 0 Å². The topological polar surface area (TPSA) is 70.9 Å². The number of benzene rings is 1. The minimum absolute atomic E-state index is 0.488. The number of oxime groups is 1. The summed E-state index contributed by atoms with van der Waals surface area (Å²) < 4.78 is 4.94. The Balaban J connectivity index is 2.64. The first-order chi connectivity index (χ1) is 6.76. The van der Waals surface area contributed by atoms with E-state index in [1.807, 2.05) is 0 Å². The Morgan fingerprint density at radius 1 is 1.50 bits per heavy atom. The van der Waals surface area contributed by atoms with E-state index in [-0.39, 0.29) is 0 Å². The van der Waals surface area contributed by atoms with Gasteiger partial charge in [0.25, 0.3) is 5.91 Å². The first kappa shape index (κ1) is 10.0. The van der Waals surface area contributed by atoms with Crippen molar-refractivity contribution in [2.24, 2.45) is 5.16 Å². The highest BCUT2D eigenvalue weighted by molar-refractivity contribution is 6.31. The van der Waals surface area contributed by atoms with Gasteiger partial charge < -0.3 is 15.3 Å². The zero-order valence-electron chi connectivity index (χ0n) is 7.60. The van der Waals surface area contributed by atoms with Gasteiger partial charge in [-0.15, -0.1) is 0 Å². The van der Waals surface area contributed by atoms with Crippen molar-refractivity contribution in [3.8, 4) is 5.75 Å². The van der Waals surface area contributed by atoms with E-state index in [0.29, 0.717) is 11.4 Å². The Morgan fingerprint density at radius 2 is 2.14 bits per heavy atom. The predicted molar refractivity (Wildman–Crippen MR) is 51.9 cm³/mol. The molecule has 0 aliphatic carbocycles. The van der Waals surface area contributed by atoms with E-state index in [1.165, 1.54) is 0 Å². The van der Waals surface area contributed by atoms with E-state index in [4.69, 9.17) is 9.94 Å². The Morgan fingerprint density at radius 3 is 2.64 bits per heavy atom. The molecule has 0 aliphatic rings. The fourth-order valence-corrected chi connectivity index (χ4v) is 0.901. The summed E-state index contributed by atoms with van der Waals surface area (Å²) >= 11 is 0. The molecule has 1 aromatic rings. The van der Waals surface area contributed by atoms with Crippen molar-refractivity contribution in [3.63, 3.8) is 0 Å². The van der Waals surface area contributed by atoms with Crippen molar-refractivity contribution < 1.29 is 14.7 Å². The molecule has 0 saturated carbocycles. The fourth-order valence-electron chi connectivity index (χ4n) is 0.901. The molecule has 1 aromatic carbocycles. The SMILES string of the molecule is COc1ccc(NC(=O)/C=N/O)cc1. The zero-order valence-corrected chi connectivity index (χ0v) is 7.60. The number of nitrogens with zero attached hydrogens (tertiary/aromatic N) is 1. The summed E-state index contributed by atoms with van der Waals surface area (Å²) in [5, 5.41) is 13.2. The van der Waals surface area contributed by atoms with E-state index < -0.39 is 5.91 Å². The van der Waals surface area contributed by atoms with Crippen LogP contribution < -0.4 is 10.1 Å². The molecule has 74 valence electrons. The molecule has 1 amide bonds. The van der Waals surface area contributed by atoms with Crippen molar-refractivity contribution >= 4 is 17.8 Å². The van der Waals surface area contributed by atoms with Gasteiger partial charge in [0.05, 0.1) is 7.11 Å². The molecule has 0 radical (unpaired) electrons. The molecule has 1 rings (SSSR count). The summed E-state index contributed by atoms with van der Waals surface area (Å²) in [5.74, 6) is 0.219. The molecule has 14 heavy (non-hydrogen) atoms. The van der Waals surface area contributed by atoms with Gasteiger partial charge in [0.1, 0.15) is 12.0 Å². The molecular formula is C9H10N2O3. The predicted octanol–water partition coefficient (Wildman–Crippen LogP) is 1.09. The lowest BCUT2D eigenvalue weighted by Crippen LogP contribution is -2.12. The number of hydrogen-bond donors (Lipinski definition) is 2. The van der Waals surface area contributed by atoms with Crippen LogP contribution in [0.2, 0.25) is 0 Å². The number of amides is 1. The maximum Gasteiger partial charge on any atom is 0.270 e. The molecule has 0 unspecified atom stereocenters. The third-order valence-electron chi connectivity index (χ3n) is 1.53. The van der Waals surface area contributed by atoms with Gasteiger partial charge in [0, 0.05) is 5.69 Å². The lowest BCUT2D eigenvalue weighted by Gasteiger charge is -2.02. The second-order valence-electron chi connectivity index (χ2n) is 2.46. The molecular weight excluding hydrogens is 184 g/mol. The number of anilines is 1. The van der Waals surface area contributed by atoms with Gasteiger partial charge in [-0.25, -0.2) is 0 Å². The van der Waals surface area contributed by atoms with Crippen molar-refractivity contribution in [2.45, 2.75) is 0 Å². The smallest absolute Gasteiger partial charge is 0.270 e. The van der Waals surface area contributed by atoms with Crippen LogP contribution in [0.1, 0.15) is 0 Å². The molecule has 0 atom stereocenters. The van der Waals surface area contributed by atoms with Crippen LogP contribution in [0.3, 0.4) is 0 Å². The minimum atomic E-state index is -0.488. The Bertz CT molecular complexity index is 332. The molecule has 0 fully saturated rings. The van der Waals surface area contributed by atoms with Crippen LogP contribution in [0.5, 0.6) is 5.75 Å². The molecule has 2 N–H and O–H groups in total. The molecule has 0 heterocycles. The van der Waals surface area contributed by atoms with Crippen molar-refractivity contribution in [1.29, 1.82) is 0 Å². The molecule has 0 aromatic heterocycles. The number of carbonyl (C=O) groups is 1. The molecule has 0 bridgehead atoms. The number of nitrogens with one attached hydrogen (secondary N) is 1. The van der Waals surface area contributed by atoms with E-state index >= 15 is 0 Å². The molecule has 0 spiro atoms. The Labute approximate surface area is 81.0 Å². The summed E-state index contributed by atoms with van der Waals surface area (Å²) in [6.07, 6.45) is 0.782.